The molecule has 2 rings (SSSR count). The molecule has 5 nitrogen and oxygen atoms in total. The van der Waals surface area contributed by atoms with Gasteiger partial charge < -0.3 is 5.32 Å². The second-order valence-corrected chi connectivity index (χ2v) is 8.93. The van der Waals surface area contributed by atoms with E-state index in [1.54, 1.807) is 6.07 Å². The van der Waals surface area contributed by atoms with Gasteiger partial charge in [0.25, 0.3) is 0 Å². The van der Waals surface area contributed by atoms with Crippen LogP contribution in [0.2, 0.25) is 0 Å². The van der Waals surface area contributed by atoms with Crippen LogP contribution in [0, 0.1) is 19.7 Å². The molecular formula is C21H27FN2O3S. The Morgan fingerprint density at radius 3 is 2.43 bits per heavy atom. The molecule has 0 bridgehead atoms. The van der Waals surface area contributed by atoms with Gasteiger partial charge in [-0.3, -0.25) is 9.10 Å². The van der Waals surface area contributed by atoms with Gasteiger partial charge in [-0.15, -0.1) is 0 Å². The molecule has 1 atom stereocenters. The average molecular weight is 407 g/mol. The lowest BCUT2D eigenvalue weighted by molar-refractivity contribution is -0.121. The summed E-state index contributed by atoms with van der Waals surface area (Å²) in [5, 5.41) is 2.93. The molecule has 0 aliphatic rings. The molecular weight excluding hydrogens is 379 g/mol. The summed E-state index contributed by atoms with van der Waals surface area (Å²) < 4.78 is 39.1. The van der Waals surface area contributed by atoms with Crippen molar-refractivity contribution in [1.29, 1.82) is 0 Å². The number of nitrogens with one attached hydrogen (secondary N) is 1. The summed E-state index contributed by atoms with van der Waals surface area (Å²) in [7, 11) is -3.65. The number of sulfonamides is 1. The predicted octanol–water partition coefficient (Wildman–Crippen LogP) is 3.87. The van der Waals surface area contributed by atoms with Crippen LogP contribution < -0.4 is 9.62 Å². The SMILES string of the molecule is Cc1ccc([C@H](C)NC(=O)CCCN(c2ccccc2F)S(C)(=O)=O)cc1C. The number of para-hydroxylation sites is 1. The number of hydrogen-bond donors (Lipinski definition) is 1. The first-order valence-corrected chi connectivity index (χ1v) is 11.0. The van der Waals surface area contributed by atoms with Gasteiger partial charge in [0.15, 0.2) is 0 Å². The van der Waals surface area contributed by atoms with Gasteiger partial charge in [0.2, 0.25) is 15.9 Å². The van der Waals surface area contributed by atoms with Gasteiger partial charge in [-0.05, 0) is 56.0 Å². The predicted molar refractivity (Wildman–Crippen MR) is 110 cm³/mol. The minimum atomic E-state index is -3.65. The summed E-state index contributed by atoms with van der Waals surface area (Å²) in [5.74, 6) is -0.784. The fourth-order valence-electron chi connectivity index (χ4n) is 2.93. The average Bonchev–Trinajstić information content (AvgIpc) is 2.61. The van der Waals surface area contributed by atoms with Crippen LogP contribution in [0.3, 0.4) is 0 Å². The maximum absolute atomic E-state index is 14.0. The molecule has 152 valence electrons. The summed E-state index contributed by atoms with van der Waals surface area (Å²) in [5.41, 5.74) is 3.36. The zero-order valence-electron chi connectivity index (χ0n) is 16.7. The summed E-state index contributed by atoms with van der Waals surface area (Å²) in [6.45, 7) is 6.00. The van der Waals surface area contributed by atoms with Gasteiger partial charge in [-0.25, -0.2) is 12.8 Å². The number of carbonyl (C=O) groups excluding carboxylic acids is 1. The summed E-state index contributed by atoms with van der Waals surface area (Å²) in [4.78, 5) is 12.3. The van der Waals surface area contributed by atoms with E-state index in [4.69, 9.17) is 0 Å². The van der Waals surface area contributed by atoms with Gasteiger partial charge in [-0.1, -0.05) is 30.3 Å². The van der Waals surface area contributed by atoms with Crippen LogP contribution in [0.25, 0.3) is 0 Å². The van der Waals surface area contributed by atoms with E-state index < -0.39 is 15.8 Å². The van der Waals surface area contributed by atoms with E-state index in [9.17, 15) is 17.6 Å². The van der Waals surface area contributed by atoms with Gasteiger partial charge in [-0.2, -0.15) is 0 Å². The third-order valence-electron chi connectivity index (χ3n) is 4.69. The maximum Gasteiger partial charge on any atom is 0.232 e. The topological polar surface area (TPSA) is 66.5 Å². The van der Waals surface area contributed by atoms with Gasteiger partial charge in [0, 0.05) is 13.0 Å². The number of aryl methyl sites for hydroxylation is 2. The number of hydrogen-bond acceptors (Lipinski definition) is 3. The van der Waals surface area contributed by atoms with Crippen molar-refractivity contribution in [1.82, 2.24) is 5.32 Å². The molecule has 1 N–H and O–H groups in total. The lowest BCUT2D eigenvalue weighted by atomic mass is 10.0. The first-order valence-electron chi connectivity index (χ1n) is 9.18. The second-order valence-electron chi connectivity index (χ2n) is 7.02. The molecule has 0 aliphatic heterocycles. The number of nitrogens with zero attached hydrogens (tertiary/aromatic N) is 1. The first kappa shape index (κ1) is 21.9. The molecule has 2 aromatic carbocycles. The highest BCUT2D eigenvalue weighted by Crippen LogP contribution is 2.22. The first-order chi connectivity index (χ1) is 13.1. The van der Waals surface area contributed by atoms with Crippen molar-refractivity contribution in [2.24, 2.45) is 0 Å². The van der Waals surface area contributed by atoms with E-state index in [0.717, 1.165) is 21.7 Å². The molecule has 0 fully saturated rings. The molecule has 1 amide bonds. The minimum absolute atomic E-state index is 0.00564. The molecule has 0 aromatic heterocycles. The highest BCUT2D eigenvalue weighted by molar-refractivity contribution is 7.92. The number of halogens is 1. The van der Waals surface area contributed by atoms with E-state index in [2.05, 4.69) is 5.32 Å². The minimum Gasteiger partial charge on any atom is -0.350 e. The zero-order valence-corrected chi connectivity index (χ0v) is 17.5. The Balaban J connectivity index is 1.95. The molecule has 7 heteroatoms. The Morgan fingerprint density at radius 1 is 1.14 bits per heavy atom. The number of carbonyl (C=O) groups is 1. The van der Waals surface area contributed by atoms with E-state index in [1.807, 2.05) is 39.0 Å². The molecule has 0 unspecified atom stereocenters. The van der Waals surface area contributed by atoms with Gasteiger partial charge >= 0.3 is 0 Å². The Morgan fingerprint density at radius 2 is 1.82 bits per heavy atom. The van der Waals surface area contributed by atoms with Crippen LogP contribution in [-0.2, 0) is 14.8 Å². The van der Waals surface area contributed by atoms with E-state index in [1.165, 1.54) is 23.8 Å². The van der Waals surface area contributed by atoms with Crippen LogP contribution in [-0.4, -0.2) is 27.1 Å². The molecule has 0 saturated carbocycles. The second kappa shape index (κ2) is 9.19. The Labute approximate surface area is 166 Å². The molecule has 0 radical (unpaired) electrons. The van der Waals surface area contributed by atoms with Gasteiger partial charge in [0.05, 0.1) is 18.0 Å². The van der Waals surface area contributed by atoms with Crippen molar-refractivity contribution in [3.05, 3.63) is 65.0 Å². The number of amides is 1. The molecule has 28 heavy (non-hydrogen) atoms. The number of benzene rings is 2. The molecule has 0 saturated heterocycles. The van der Waals surface area contributed by atoms with Crippen molar-refractivity contribution in [2.45, 2.75) is 39.7 Å². The third kappa shape index (κ3) is 5.79. The van der Waals surface area contributed by atoms with Crippen molar-refractivity contribution >= 4 is 21.6 Å². The monoisotopic (exact) mass is 406 g/mol. The van der Waals surface area contributed by atoms with Crippen LogP contribution >= 0.6 is 0 Å². The van der Waals surface area contributed by atoms with E-state index in [0.29, 0.717) is 0 Å². The summed E-state index contributed by atoms with van der Waals surface area (Å²) in [6.07, 6.45) is 1.46. The smallest absolute Gasteiger partial charge is 0.232 e. The van der Waals surface area contributed by atoms with E-state index >= 15 is 0 Å². The van der Waals surface area contributed by atoms with Crippen LogP contribution in [0.4, 0.5) is 10.1 Å². The van der Waals surface area contributed by atoms with Crippen molar-refractivity contribution in [2.75, 3.05) is 17.1 Å². The summed E-state index contributed by atoms with van der Waals surface area (Å²) in [6, 6.07) is 11.6. The fourth-order valence-corrected chi connectivity index (χ4v) is 3.90. The quantitative estimate of drug-likeness (QED) is 0.724. The van der Waals surface area contributed by atoms with Crippen molar-refractivity contribution in [3.63, 3.8) is 0 Å². The highest BCUT2D eigenvalue weighted by atomic mass is 32.2. The Hall–Kier alpha value is -2.41. The standard InChI is InChI=1S/C21H27FN2O3S/c1-15-11-12-18(14-16(15)2)17(3)23-21(25)10-7-13-24(28(4,26)27)20-9-6-5-8-19(20)22/h5-6,8-9,11-12,14,17H,7,10,13H2,1-4H3,(H,23,25)/t17-/m0/s1. The third-order valence-corrected chi connectivity index (χ3v) is 5.87. The lowest BCUT2D eigenvalue weighted by Crippen LogP contribution is -2.33. The summed E-state index contributed by atoms with van der Waals surface area (Å²) >= 11 is 0. The van der Waals surface area contributed by atoms with Gasteiger partial charge in [0.1, 0.15) is 5.82 Å². The number of rotatable bonds is 8. The normalized spacial score (nSPS) is 12.5. The highest BCUT2D eigenvalue weighted by Gasteiger charge is 2.20. The Bertz CT molecular complexity index is 944. The largest absolute Gasteiger partial charge is 0.350 e. The maximum atomic E-state index is 14.0. The molecule has 0 heterocycles. The van der Waals surface area contributed by atoms with Crippen LogP contribution in [0.15, 0.2) is 42.5 Å². The molecule has 0 aliphatic carbocycles. The van der Waals surface area contributed by atoms with E-state index in [-0.39, 0.29) is 37.0 Å². The molecule has 2 aromatic rings. The van der Waals surface area contributed by atoms with Crippen molar-refractivity contribution in [3.8, 4) is 0 Å². The number of anilines is 1. The fraction of sp³-hybridized carbons (Fsp3) is 0.381. The lowest BCUT2D eigenvalue weighted by Gasteiger charge is -2.23. The van der Waals surface area contributed by atoms with Crippen LogP contribution in [0.5, 0.6) is 0 Å². The zero-order chi connectivity index (χ0) is 20.9. The van der Waals surface area contributed by atoms with Crippen LogP contribution in [0.1, 0.15) is 42.5 Å². The molecule has 0 spiro atoms. The van der Waals surface area contributed by atoms with Crippen molar-refractivity contribution < 1.29 is 17.6 Å². The Kier molecular flexibility index (Phi) is 7.18.